The van der Waals surface area contributed by atoms with Gasteiger partial charge in [-0.3, -0.25) is 4.79 Å². The zero-order chi connectivity index (χ0) is 13.5. The molecule has 0 fully saturated rings. The first-order chi connectivity index (χ1) is 7.72. The van der Waals surface area contributed by atoms with Crippen LogP contribution in [0.1, 0.15) is 20.8 Å². The smallest absolute Gasteiger partial charge is 0.371 e. The van der Waals surface area contributed by atoms with Crippen molar-refractivity contribution in [3.63, 3.8) is 0 Å². The van der Waals surface area contributed by atoms with Gasteiger partial charge in [0, 0.05) is 12.6 Å². The van der Waals surface area contributed by atoms with Gasteiger partial charge in [-0.15, -0.1) is 0 Å². The van der Waals surface area contributed by atoms with Crippen LogP contribution in [0.25, 0.3) is 0 Å². The van der Waals surface area contributed by atoms with Crippen molar-refractivity contribution in [1.82, 2.24) is 10.6 Å². The minimum absolute atomic E-state index is 0.0354. The molecular formula is C10H19F3N2O2. The summed E-state index contributed by atoms with van der Waals surface area (Å²) in [4.78, 5) is 11.4. The molecule has 1 amide bonds. The first kappa shape index (κ1) is 16.2. The second-order valence-electron chi connectivity index (χ2n) is 4.01. The van der Waals surface area contributed by atoms with E-state index in [1.165, 1.54) is 0 Å². The van der Waals surface area contributed by atoms with E-state index in [-0.39, 0.29) is 25.1 Å². The molecule has 17 heavy (non-hydrogen) atoms. The molecule has 0 heterocycles. The standard InChI is InChI=1S/C10H19F3N2O2/c1-7(2)15-9(16)8(3)14-4-5-17-6-10(11,12)13/h7-8,14H,4-6H2,1-3H3,(H,15,16). The van der Waals surface area contributed by atoms with E-state index >= 15 is 0 Å². The Hall–Kier alpha value is -0.820. The van der Waals surface area contributed by atoms with Crippen molar-refractivity contribution in [2.75, 3.05) is 19.8 Å². The molecule has 0 spiro atoms. The van der Waals surface area contributed by atoms with Gasteiger partial charge in [-0.05, 0) is 20.8 Å². The minimum atomic E-state index is -4.30. The van der Waals surface area contributed by atoms with Crippen LogP contribution >= 0.6 is 0 Å². The molecule has 0 aromatic rings. The van der Waals surface area contributed by atoms with Crippen LogP contribution in [0.4, 0.5) is 13.2 Å². The first-order valence-corrected chi connectivity index (χ1v) is 5.40. The maximum absolute atomic E-state index is 11.7. The van der Waals surface area contributed by atoms with Crippen LogP contribution in [0.3, 0.4) is 0 Å². The highest BCUT2D eigenvalue weighted by Crippen LogP contribution is 2.13. The molecule has 0 aliphatic heterocycles. The zero-order valence-electron chi connectivity index (χ0n) is 10.2. The lowest BCUT2D eigenvalue weighted by atomic mass is 10.3. The zero-order valence-corrected chi connectivity index (χ0v) is 10.2. The number of amides is 1. The summed E-state index contributed by atoms with van der Waals surface area (Å²) in [6, 6.07) is -0.417. The molecule has 2 N–H and O–H groups in total. The molecule has 1 unspecified atom stereocenters. The van der Waals surface area contributed by atoms with Gasteiger partial charge in [0.25, 0.3) is 0 Å². The van der Waals surface area contributed by atoms with Gasteiger partial charge in [0.2, 0.25) is 5.91 Å². The number of ether oxygens (including phenoxy) is 1. The lowest BCUT2D eigenvalue weighted by molar-refractivity contribution is -0.173. The predicted octanol–water partition coefficient (Wildman–Crippen LogP) is 1.07. The summed E-state index contributed by atoms with van der Waals surface area (Å²) in [7, 11) is 0. The van der Waals surface area contributed by atoms with Crippen LogP contribution in [0.5, 0.6) is 0 Å². The fourth-order valence-electron chi connectivity index (χ4n) is 1.04. The molecule has 0 aliphatic rings. The Morgan fingerprint density at radius 1 is 1.29 bits per heavy atom. The first-order valence-electron chi connectivity index (χ1n) is 5.40. The van der Waals surface area contributed by atoms with Gasteiger partial charge in [0.1, 0.15) is 6.61 Å². The molecule has 0 saturated heterocycles. The van der Waals surface area contributed by atoms with Crippen molar-refractivity contribution in [2.45, 2.75) is 39.0 Å². The van der Waals surface area contributed by atoms with Crippen LogP contribution in [0, 0.1) is 0 Å². The van der Waals surface area contributed by atoms with E-state index in [9.17, 15) is 18.0 Å². The summed E-state index contributed by atoms with van der Waals surface area (Å²) in [5.41, 5.74) is 0. The van der Waals surface area contributed by atoms with Crippen molar-refractivity contribution in [3.8, 4) is 0 Å². The number of carbonyl (C=O) groups is 1. The fraction of sp³-hybridized carbons (Fsp3) is 0.900. The highest BCUT2D eigenvalue weighted by molar-refractivity contribution is 5.81. The molecule has 4 nitrogen and oxygen atoms in total. The van der Waals surface area contributed by atoms with Crippen LogP contribution in [0.2, 0.25) is 0 Å². The molecule has 0 aliphatic carbocycles. The molecular weight excluding hydrogens is 237 g/mol. The summed E-state index contributed by atoms with van der Waals surface area (Å²) < 4.78 is 39.5. The maximum atomic E-state index is 11.7. The Bertz CT molecular complexity index is 232. The quantitative estimate of drug-likeness (QED) is 0.670. The number of nitrogens with one attached hydrogen (secondary N) is 2. The lowest BCUT2D eigenvalue weighted by Crippen LogP contribution is -2.45. The molecule has 0 saturated carbocycles. The average molecular weight is 256 g/mol. The molecule has 0 rings (SSSR count). The summed E-state index contributed by atoms with van der Waals surface area (Å²) in [6.07, 6.45) is -4.30. The summed E-state index contributed by atoms with van der Waals surface area (Å²) in [5, 5.41) is 5.46. The van der Waals surface area contributed by atoms with Gasteiger partial charge >= 0.3 is 6.18 Å². The topological polar surface area (TPSA) is 50.4 Å². The molecule has 1 atom stereocenters. The third-order valence-corrected chi connectivity index (χ3v) is 1.79. The van der Waals surface area contributed by atoms with Crippen LogP contribution in [-0.4, -0.2) is 43.9 Å². The molecule has 0 aromatic carbocycles. The monoisotopic (exact) mass is 256 g/mol. The molecule has 0 radical (unpaired) electrons. The second kappa shape index (κ2) is 7.50. The van der Waals surface area contributed by atoms with Gasteiger partial charge in [-0.25, -0.2) is 0 Å². The van der Waals surface area contributed by atoms with E-state index in [2.05, 4.69) is 15.4 Å². The molecule has 0 aromatic heterocycles. The Balaban J connectivity index is 3.58. The fourth-order valence-corrected chi connectivity index (χ4v) is 1.04. The Morgan fingerprint density at radius 2 is 1.88 bits per heavy atom. The Morgan fingerprint density at radius 3 is 2.35 bits per heavy atom. The number of hydrogen-bond acceptors (Lipinski definition) is 3. The summed E-state index contributed by atoms with van der Waals surface area (Å²) in [5.74, 6) is -0.184. The highest BCUT2D eigenvalue weighted by atomic mass is 19.4. The van der Waals surface area contributed by atoms with Crippen molar-refractivity contribution in [2.24, 2.45) is 0 Å². The van der Waals surface area contributed by atoms with E-state index in [0.29, 0.717) is 0 Å². The van der Waals surface area contributed by atoms with Gasteiger partial charge < -0.3 is 15.4 Å². The van der Waals surface area contributed by atoms with Crippen LogP contribution < -0.4 is 10.6 Å². The van der Waals surface area contributed by atoms with Gasteiger partial charge in [0.15, 0.2) is 0 Å². The van der Waals surface area contributed by atoms with Gasteiger partial charge in [-0.1, -0.05) is 0 Å². The van der Waals surface area contributed by atoms with Crippen molar-refractivity contribution < 1.29 is 22.7 Å². The minimum Gasteiger partial charge on any atom is -0.371 e. The largest absolute Gasteiger partial charge is 0.411 e. The van der Waals surface area contributed by atoms with E-state index in [1.807, 2.05) is 13.8 Å². The molecule has 0 bridgehead atoms. The SMILES string of the molecule is CC(C)NC(=O)C(C)NCCOCC(F)(F)F. The van der Waals surface area contributed by atoms with E-state index < -0.39 is 18.8 Å². The van der Waals surface area contributed by atoms with E-state index in [0.717, 1.165) is 0 Å². The number of rotatable bonds is 7. The van der Waals surface area contributed by atoms with Crippen LogP contribution in [0.15, 0.2) is 0 Å². The average Bonchev–Trinajstić information content (AvgIpc) is 2.13. The Labute approximate surface area is 98.9 Å². The number of hydrogen-bond donors (Lipinski definition) is 2. The lowest BCUT2D eigenvalue weighted by Gasteiger charge is -2.16. The predicted molar refractivity (Wildman–Crippen MR) is 57.6 cm³/mol. The molecule has 102 valence electrons. The third-order valence-electron chi connectivity index (χ3n) is 1.79. The second-order valence-corrected chi connectivity index (χ2v) is 4.01. The van der Waals surface area contributed by atoms with Crippen molar-refractivity contribution in [1.29, 1.82) is 0 Å². The summed E-state index contributed by atoms with van der Waals surface area (Å²) in [6.45, 7) is 4.15. The van der Waals surface area contributed by atoms with Gasteiger partial charge in [-0.2, -0.15) is 13.2 Å². The third kappa shape index (κ3) is 10.1. The maximum Gasteiger partial charge on any atom is 0.411 e. The van der Waals surface area contributed by atoms with Gasteiger partial charge in [0.05, 0.1) is 12.6 Å². The summed E-state index contributed by atoms with van der Waals surface area (Å²) >= 11 is 0. The number of alkyl halides is 3. The molecule has 7 heteroatoms. The van der Waals surface area contributed by atoms with E-state index in [1.54, 1.807) is 6.92 Å². The van der Waals surface area contributed by atoms with Crippen molar-refractivity contribution in [3.05, 3.63) is 0 Å². The highest BCUT2D eigenvalue weighted by Gasteiger charge is 2.27. The Kier molecular flexibility index (Phi) is 7.13. The van der Waals surface area contributed by atoms with Crippen LogP contribution in [-0.2, 0) is 9.53 Å². The van der Waals surface area contributed by atoms with E-state index in [4.69, 9.17) is 0 Å². The number of carbonyl (C=O) groups excluding carboxylic acids is 1. The number of halogens is 3. The normalized spacial score (nSPS) is 13.8. The van der Waals surface area contributed by atoms with Crippen molar-refractivity contribution >= 4 is 5.91 Å².